The van der Waals surface area contributed by atoms with Gasteiger partial charge in [-0.3, -0.25) is 4.79 Å². The standard InChI is InChI=1S/C10H11O4/c1-7(11)14-9-5-4-8(12-2)6-10(9)13-3/h4-6H,1H2,2-3H3. The van der Waals surface area contributed by atoms with Gasteiger partial charge in [0, 0.05) is 6.07 Å². The van der Waals surface area contributed by atoms with Gasteiger partial charge in [0.1, 0.15) is 5.75 Å². The highest BCUT2D eigenvalue weighted by Crippen LogP contribution is 2.30. The molecule has 0 bridgehead atoms. The molecule has 0 aliphatic carbocycles. The summed E-state index contributed by atoms with van der Waals surface area (Å²) in [5, 5.41) is 0. The van der Waals surface area contributed by atoms with E-state index in [-0.39, 0.29) is 0 Å². The molecular weight excluding hydrogens is 184 g/mol. The van der Waals surface area contributed by atoms with Gasteiger partial charge in [-0.15, -0.1) is 0 Å². The third-order valence-corrected chi connectivity index (χ3v) is 1.59. The Bertz CT molecular complexity index is 333. The molecule has 14 heavy (non-hydrogen) atoms. The molecule has 0 saturated heterocycles. The van der Waals surface area contributed by atoms with Crippen molar-refractivity contribution >= 4 is 5.97 Å². The number of esters is 1. The molecule has 1 aromatic carbocycles. The molecule has 0 atom stereocenters. The summed E-state index contributed by atoms with van der Waals surface area (Å²) in [6, 6.07) is 4.87. The zero-order valence-electron chi connectivity index (χ0n) is 8.07. The van der Waals surface area contributed by atoms with Gasteiger partial charge in [0.15, 0.2) is 11.5 Å². The molecule has 0 spiro atoms. The molecule has 4 heteroatoms. The Kier molecular flexibility index (Phi) is 3.34. The van der Waals surface area contributed by atoms with Gasteiger partial charge < -0.3 is 14.2 Å². The van der Waals surface area contributed by atoms with Crippen LogP contribution in [0.4, 0.5) is 0 Å². The first-order valence-corrected chi connectivity index (χ1v) is 3.93. The zero-order chi connectivity index (χ0) is 10.6. The number of rotatable bonds is 3. The van der Waals surface area contributed by atoms with Gasteiger partial charge in [0.05, 0.1) is 21.1 Å². The van der Waals surface area contributed by atoms with Crippen molar-refractivity contribution in [1.82, 2.24) is 0 Å². The minimum absolute atomic E-state index is 0.327. The lowest BCUT2D eigenvalue weighted by atomic mass is 10.3. The summed E-state index contributed by atoms with van der Waals surface area (Å²) < 4.78 is 14.8. The van der Waals surface area contributed by atoms with E-state index >= 15 is 0 Å². The van der Waals surface area contributed by atoms with E-state index in [9.17, 15) is 4.79 Å². The molecule has 0 amide bonds. The van der Waals surface area contributed by atoms with Crippen molar-refractivity contribution in [2.24, 2.45) is 0 Å². The topological polar surface area (TPSA) is 44.8 Å². The lowest BCUT2D eigenvalue weighted by Crippen LogP contribution is -2.03. The van der Waals surface area contributed by atoms with Crippen LogP contribution in [0.3, 0.4) is 0 Å². The fraction of sp³-hybridized carbons (Fsp3) is 0.200. The molecule has 1 radical (unpaired) electrons. The molecule has 4 nitrogen and oxygen atoms in total. The van der Waals surface area contributed by atoms with E-state index < -0.39 is 5.97 Å². The summed E-state index contributed by atoms with van der Waals surface area (Å²) in [6.07, 6.45) is 0. The molecule has 0 heterocycles. The van der Waals surface area contributed by atoms with Crippen LogP contribution in [0.5, 0.6) is 17.2 Å². The predicted octanol–water partition coefficient (Wildman–Crippen LogP) is 1.44. The van der Waals surface area contributed by atoms with Crippen LogP contribution >= 0.6 is 0 Å². The average Bonchev–Trinajstić information content (AvgIpc) is 2.17. The van der Waals surface area contributed by atoms with Crippen molar-refractivity contribution in [3.8, 4) is 17.2 Å². The van der Waals surface area contributed by atoms with Crippen LogP contribution in [0.25, 0.3) is 0 Å². The highest BCUT2D eigenvalue weighted by atomic mass is 16.6. The van der Waals surface area contributed by atoms with Crippen LogP contribution in [-0.2, 0) is 4.79 Å². The van der Waals surface area contributed by atoms with E-state index in [2.05, 4.69) is 6.92 Å². The van der Waals surface area contributed by atoms with Crippen LogP contribution in [0.15, 0.2) is 18.2 Å². The fourth-order valence-corrected chi connectivity index (χ4v) is 0.982. The molecule has 1 aromatic rings. The first-order valence-electron chi connectivity index (χ1n) is 3.93. The average molecular weight is 195 g/mol. The molecule has 1 rings (SSSR count). The summed E-state index contributed by atoms with van der Waals surface area (Å²) in [5.41, 5.74) is 0. The number of benzene rings is 1. The van der Waals surface area contributed by atoms with E-state index in [0.717, 1.165) is 0 Å². The predicted molar refractivity (Wildman–Crippen MR) is 50.5 cm³/mol. The van der Waals surface area contributed by atoms with E-state index in [4.69, 9.17) is 14.2 Å². The van der Waals surface area contributed by atoms with Crippen molar-refractivity contribution in [1.29, 1.82) is 0 Å². The van der Waals surface area contributed by atoms with Crippen molar-refractivity contribution in [3.63, 3.8) is 0 Å². The molecule has 0 N–H and O–H groups in total. The lowest BCUT2D eigenvalue weighted by Gasteiger charge is -2.08. The van der Waals surface area contributed by atoms with Gasteiger partial charge in [-0.2, -0.15) is 0 Å². The molecule has 0 aliphatic heterocycles. The maximum Gasteiger partial charge on any atom is 0.311 e. The Morgan fingerprint density at radius 1 is 1.21 bits per heavy atom. The Morgan fingerprint density at radius 3 is 2.43 bits per heavy atom. The minimum Gasteiger partial charge on any atom is -0.497 e. The van der Waals surface area contributed by atoms with Gasteiger partial charge in [0.2, 0.25) is 0 Å². The summed E-state index contributed by atoms with van der Waals surface area (Å²) in [5.74, 6) is 0.758. The molecule has 0 unspecified atom stereocenters. The van der Waals surface area contributed by atoms with Crippen molar-refractivity contribution in [3.05, 3.63) is 25.1 Å². The van der Waals surface area contributed by atoms with E-state index in [1.165, 1.54) is 7.11 Å². The van der Waals surface area contributed by atoms with Gasteiger partial charge in [-0.25, -0.2) is 0 Å². The van der Waals surface area contributed by atoms with Crippen LogP contribution in [0.2, 0.25) is 0 Å². The highest BCUT2D eigenvalue weighted by molar-refractivity contribution is 5.77. The number of hydrogen-bond acceptors (Lipinski definition) is 4. The second-order valence-electron chi connectivity index (χ2n) is 2.49. The molecule has 0 aromatic heterocycles. The Balaban J connectivity index is 2.98. The van der Waals surface area contributed by atoms with Gasteiger partial charge >= 0.3 is 5.97 Å². The smallest absolute Gasteiger partial charge is 0.311 e. The Labute approximate surface area is 82.4 Å². The Morgan fingerprint density at radius 2 is 1.93 bits per heavy atom. The largest absolute Gasteiger partial charge is 0.497 e. The minimum atomic E-state index is -0.631. The second-order valence-corrected chi connectivity index (χ2v) is 2.49. The summed E-state index contributed by atoms with van der Waals surface area (Å²) in [6.45, 7) is 3.10. The molecular formula is C10H11O4. The van der Waals surface area contributed by atoms with Gasteiger partial charge in [-0.05, 0) is 12.1 Å². The fourth-order valence-electron chi connectivity index (χ4n) is 0.982. The van der Waals surface area contributed by atoms with Gasteiger partial charge in [0.25, 0.3) is 0 Å². The molecule has 0 fully saturated rings. The van der Waals surface area contributed by atoms with Gasteiger partial charge in [-0.1, -0.05) is 0 Å². The maximum atomic E-state index is 10.6. The number of ether oxygens (including phenoxy) is 3. The quantitative estimate of drug-likeness (QED) is 0.540. The van der Waals surface area contributed by atoms with E-state index in [0.29, 0.717) is 17.2 Å². The van der Waals surface area contributed by atoms with Crippen LogP contribution in [0.1, 0.15) is 0 Å². The number of methoxy groups -OCH3 is 2. The summed E-state index contributed by atoms with van der Waals surface area (Å²) in [7, 11) is 3.02. The van der Waals surface area contributed by atoms with Crippen molar-refractivity contribution in [2.45, 2.75) is 0 Å². The normalized spacial score (nSPS) is 9.36. The lowest BCUT2D eigenvalue weighted by molar-refractivity contribution is -0.129. The van der Waals surface area contributed by atoms with Crippen LogP contribution < -0.4 is 14.2 Å². The van der Waals surface area contributed by atoms with E-state index in [1.807, 2.05) is 0 Å². The third-order valence-electron chi connectivity index (χ3n) is 1.59. The third kappa shape index (κ3) is 2.39. The molecule has 0 saturated carbocycles. The van der Waals surface area contributed by atoms with Crippen molar-refractivity contribution in [2.75, 3.05) is 14.2 Å². The number of hydrogen-bond donors (Lipinski definition) is 0. The Hall–Kier alpha value is -1.71. The zero-order valence-corrected chi connectivity index (χ0v) is 8.07. The molecule has 75 valence electrons. The monoisotopic (exact) mass is 195 g/mol. The van der Waals surface area contributed by atoms with Crippen LogP contribution in [-0.4, -0.2) is 20.2 Å². The summed E-state index contributed by atoms with van der Waals surface area (Å²) >= 11 is 0. The van der Waals surface area contributed by atoms with Crippen LogP contribution in [0, 0.1) is 6.92 Å². The second kappa shape index (κ2) is 4.50. The highest BCUT2D eigenvalue weighted by Gasteiger charge is 2.07. The first kappa shape index (κ1) is 10.4. The SMILES string of the molecule is [CH2]C(=O)Oc1ccc(OC)cc1OC. The number of carbonyl (C=O) groups is 1. The van der Waals surface area contributed by atoms with Crippen molar-refractivity contribution < 1.29 is 19.0 Å². The first-order chi connectivity index (χ1) is 6.67. The molecule has 0 aliphatic rings. The maximum absolute atomic E-state index is 10.6. The summed E-state index contributed by atoms with van der Waals surface area (Å²) in [4.78, 5) is 10.6. The number of carbonyl (C=O) groups excluding carboxylic acids is 1. The van der Waals surface area contributed by atoms with E-state index in [1.54, 1.807) is 25.3 Å².